The van der Waals surface area contributed by atoms with Crippen LogP contribution in [-0.2, 0) is 4.79 Å². The number of benzene rings is 1. The molecular weight excluding hydrogens is 351 g/mol. The van der Waals surface area contributed by atoms with E-state index in [2.05, 4.69) is 0 Å². The molecule has 7 heteroatoms. The SMILES string of the molecule is NC(=O)C1CCN(C(=O)c2ccc(-c3cc(Cl)ccc3Cl)o2)CC1. The average molecular weight is 367 g/mol. The van der Waals surface area contributed by atoms with E-state index in [9.17, 15) is 9.59 Å². The summed E-state index contributed by atoms with van der Waals surface area (Å²) in [5.41, 5.74) is 5.94. The van der Waals surface area contributed by atoms with Crippen LogP contribution in [-0.4, -0.2) is 29.8 Å². The number of hydrogen-bond donors (Lipinski definition) is 1. The van der Waals surface area contributed by atoms with Gasteiger partial charge in [-0.05, 0) is 43.2 Å². The number of nitrogens with zero attached hydrogens (tertiary/aromatic N) is 1. The smallest absolute Gasteiger partial charge is 0.289 e. The third-order valence-electron chi connectivity index (χ3n) is 4.20. The zero-order chi connectivity index (χ0) is 17.3. The van der Waals surface area contributed by atoms with Gasteiger partial charge in [-0.2, -0.15) is 0 Å². The monoisotopic (exact) mass is 366 g/mol. The Balaban J connectivity index is 1.75. The molecule has 0 radical (unpaired) electrons. The van der Waals surface area contributed by atoms with Crippen LogP contribution in [0.3, 0.4) is 0 Å². The summed E-state index contributed by atoms with van der Waals surface area (Å²) in [6.07, 6.45) is 1.16. The number of likely N-dealkylation sites (tertiary alicyclic amines) is 1. The molecule has 0 atom stereocenters. The number of carbonyl (C=O) groups excluding carboxylic acids is 2. The van der Waals surface area contributed by atoms with Gasteiger partial charge in [-0.25, -0.2) is 0 Å². The van der Waals surface area contributed by atoms with Gasteiger partial charge in [-0.15, -0.1) is 0 Å². The van der Waals surface area contributed by atoms with Gasteiger partial charge in [0.2, 0.25) is 5.91 Å². The Bertz CT molecular complexity index is 780. The fraction of sp³-hybridized carbons (Fsp3) is 0.294. The molecule has 0 spiro atoms. The summed E-state index contributed by atoms with van der Waals surface area (Å²) < 4.78 is 5.67. The Morgan fingerprint density at radius 3 is 2.50 bits per heavy atom. The molecule has 1 aliphatic heterocycles. The van der Waals surface area contributed by atoms with E-state index in [1.165, 1.54) is 0 Å². The molecule has 0 saturated carbocycles. The van der Waals surface area contributed by atoms with Gasteiger partial charge in [0.25, 0.3) is 5.91 Å². The summed E-state index contributed by atoms with van der Waals surface area (Å²) in [5, 5.41) is 1.03. The summed E-state index contributed by atoms with van der Waals surface area (Å²) in [6.45, 7) is 0.973. The van der Waals surface area contributed by atoms with Crippen molar-refractivity contribution < 1.29 is 14.0 Å². The Labute approximate surface area is 149 Å². The van der Waals surface area contributed by atoms with Crippen molar-refractivity contribution in [3.05, 3.63) is 46.1 Å². The highest BCUT2D eigenvalue weighted by Gasteiger charge is 2.28. The zero-order valence-corrected chi connectivity index (χ0v) is 14.3. The Morgan fingerprint density at radius 1 is 1.12 bits per heavy atom. The molecule has 2 heterocycles. The van der Waals surface area contributed by atoms with Crippen LogP contribution in [0.2, 0.25) is 10.0 Å². The molecule has 1 aliphatic rings. The number of carbonyl (C=O) groups is 2. The molecule has 1 saturated heterocycles. The van der Waals surface area contributed by atoms with Crippen molar-refractivity contribution in [2.75, 3.05) is 13.1 Å². The maximum Gasteiger partial charge on any atom is 0.289 e. The van der Waals surface area contributed by atoms with Crippen LogP contribution < -0.4 is 5.73 Å². The second-order valence-corrected chi connectivity index (χ2v) is 6.60. The predicted molar refractivity (Wildman–Crippen MR) is 92.0 cm³/mol. The summed E-state index contributed by atoms with van der Waals surface area (Å²) in [6, 6.07) is 8.37. The molecule has 1 aromatic heterocycles. The van der Waals surface area contributed by atoms with E-state index < -0.39 is 0 Å². The highest BCUT2D eigenvalue weighted by Crippen LogP contribution is 2.32. The second-order valence-electron chi connectivity index (χ2n) is 5.76. The first kappa shape index (κ1) is 16.9. The summed E-state index contributed by atoms with van der Waals surface area (Å²) >= 11 is 12.1. The van der Waals surface area contributed by atoms with E-state index in [-0.39, 0.29) is 23.5 Å². The standard InChI is InChI=1S/C17H16Cl2N2O3/c18-11-1-2-13(19)12(9-11)14-3-4-15(24-14)17(23)21-7-5-10(6-8-21)16(20)22/h1-4,9-10H,5-8H2,(H2,20,22). The lowest BCUT2D eigenvalue weighted by atomic mass is 9.96. The molecular formula is C17H16Cl2N2O3. The number of amides is 2. The first-order valence-electron chi connectivity index (χ1n) is 7.59. The number of nitrogens with two attached hydrogens (primary N) is 1. The summed E-state index contributed by atoms with van der Waals surface area (Å²) in [4.78, 5) is 25.4. The van der Waals surface area contributed by atoms with Crippen LogP contribution in [0.15, 0.2) is 34.7 Å². The van der Waals surface area contributed by atoms with E-state index in [4.69, 9.17) is 33.4 Å². The molecule has 24 heavy (non-hydrogen) atoms. The van der Waals surface area contributed by atoms with E-state index in [1.807, 2.05) is 0 Å². The van der Waals surface area contributed by atoms with Crippen LogP contribution in [0.25, 0.3) is 11.3 Å². The van der Waals surface area contributed by atoms with Gasteiger partial charge in [0, 0.05) is 29.6 Å². The minimum atomic E-state index is -0.307. The maximum absolute atomic E-state index is 12.5. The number of piperidine rings is 1. The maximum atomic E-state index is 12.5. The number of furan rings is 1. The highest BCUT2D eigenvalue weighted by molar-refractivity contribution is 6.35. The number of rotatable bonds is 3. The number of hydrogen-bond acceptors (Lipinski definition) is 3. The average Bonchev–Trinajstić information content (AvgIpc) is 3.06. The number of halogens is 2. The molecule has 5 nitrogen and oxygen atoms in total. The first-order chi connectivity index (χ1) is 11.5. The van der Waals surface area contributed by atoms with Crippen LogP contribution in [0, 0.1) is 5.92 Å². The lowest BCUT2D eigenvalue weighted by Crippen LogP contribution is -2.41. The molecule has 1 fully saturated rings. The molecule has 0 unspecified atom stereocenters. The van der Waals surface area contributed by atoms with Crippen molar-refractivity contribution in [1.82, 2.24) is 4.90 Å². The van der Waals surface area contributed by atoms with Crippen molar-refractivity contribution in [2.24, 2.45) is 11.7 Å². The zero-order valence-electron chi connectivity index (χ0n) is 12.8. The van der Waals surface area contributed by atoms with Crippen molar-refractivity contribution in [2.45, 2.75) is 12.8 Å². The fourth-order valence-corrected chi connectivity index (χ4v) is 3.19. The second kappa shape index (κ2) is 6.87. The normalized spacial score (nSPS) is 15.5. The van der Waals surface area contributed by atoms with Crippen LogP contribution in [0.1, 0.15) is 23.4 Å². The third-order valence-corrected chi connectivity index (χ3v) is 4.76. The van der Waals surface area contributed by atoms with Crippen molar-refractivity contribution >= 4 is 35.0 Å². The predicted octanol–water partition coefficient (Wildman–Crippen LogP) is 3.59. The minimum Gasteiger partial charge on any atom is -0.451 e. The Morgan fingerprint density at radius 2 is 1.83 bits per heavy atom. The van der Waals surface area contributed by atoms with Gasteiger partial charge >= 0.3 is 0 Å². The Hall–Kier alpha value is -1.98. The molecule has 3 rings (SSSR count). The topological polar surface area (TPSA) is 76.5 Å². The molecule has 126 valence electrons. The van der Waals surface area contributed by atoms with Crippen molar-refractivity contribution in [3.8, 4) is 11.3 Å². The van der Waals surface area contributed by atoms with Gasteiger partial charge in [0.15, 0.2) is 5.76 Å². The molecule has 0 bridgehead atoms. The molecule has 2 N–H and O–H groups in total. The lowest BCUT2D eigenvalue weighted by Gasteiger charge is -2.29. The highest BCUT2D eigenvalue weighted by atomic mass is 35.5. The van der Waals surface area contributed by atoms with Gasteiger partial charge in [0.1, 0.15) is 5.76 Å². The quantitative estimate of drug-likeness (QED) is 0.901. The van der Waals surface area contributed by atoms with Gasteiger partial charge in [-0.3, -0.25) is 9.59 Å². The minimum absolute atomic E-state index is 0.161. The summed E-state index contributed by atoms with van der Waals surface area (Å²) in [7, 11) is 0. The number of primary amides is 1. The van der Waals surface area contributed by atoms with E-state index in [0.29, 0.717) is 47.3 Å². The molecule has 2 aromatic rings. The molecule has 2 amide bonds. The van der Waals surface area contributed by atoms with E-state index in [1.54, 1.807) is 35.2 Å². The summed E-state index contributed by atoms with van der Waals surface area (Å²) in [5.74, 6) is 0.0446. The first-order valence-corrected chi connectivity index (χ1v) is 8.35. The van der Waals surface area contributed by atoms with Gasteiger partial charge in [-0.1, -0.05) is 23.2 Å². The van der Waals surface area contributed by atoms with Gasteiger partial charge in [0.05, 0.1) is 5.02 Å². The molecule has 0 aliphatic carbocycles. The van der Waals surface area contributed by atoms with E-state index >= 15 is 0 Å². The van der Waals surface area contributed by atoms with Gasteiger partial charge < -0.3 is 15.1 Å². The fourth-order valence-electron chi connectivity index (χ4n) is 2.81. The Kier molecular flexibility index (Phi) is 4.83. The van der Waals surface area contributed by atoms with Crippen molar-refractivity contribution in [1.29, 1.82) is 0 Å². The van der Waals surface area contributed by atoms with Crippen LogP contribution >= 0.6 is 23.2 Å². The largest absolute Gasteiger partial charge is 0.451 e. The van der Waals surface area contributed by atoms with Crippen LogP contribution in [0.4, 0.5) is 0 Å². The van der Waals surface area contributed by atoms with E-state index in [0.717, 1.165) is 0 Å². The third kappa shape index (κ3) is 3.42. The lowest BCUT2D eigenvalue weighted by molar-refractivity contribution is -0.123. The van der Waals surface area contributed by atoms with Crippen molar-refractivity contribution in [3.63, 3.8) is 0 Å². The van der Waals surface area contributed by atoms with Crippen LogP contribution in [0.5, 0.6) is 0 Å². The molecule has 1 aromatic carbocycles.